The third kappa shape index (κ3) is 4.33. The zero-order valence-corrected chi connectivity index (χ0v) is 13.8. The van der Waals surface area contributed by atoms with E-state index in [2.05, 4.69) is 5.32 Å². The topological polar surface area (TPSA) is 49.3 Å². The molecule has 2 N–H and O–H groups in total. The number of nitrogens with one attached hydrogen (secondary N) is 1. The third-order valence-corrected chi connectivity index (χ3v) is 5.06. The van der Waals surface area contributed by atoms with Crippen molar-refractivity contribution in [1.82, 2.24) is 5.32 Å². The van der Waals surface area contributed by atoms with Gasteiger partial charge in [0.15, 0.2) is 0 Å². The first-order chi connectivity index (χ1) is 10.1. The molecule has 0 aliphatic heterocycles. The summed E-state index contributed by atoms with van der Waals surface area (Å²) in [5.41, 5.74) is 0. The number of hydrogen-bond donors (Lipinski definition) is 2. The zero-order valence-electron chi connectivity index (χ0n) is 11.5. The standard InChI is InChI=1S/C15H17Cl2NO2S/c16-10-5-6-11-12(9-10)21-14(13(11)17)15(20)18-7-3-1-2-4-8-19/h5-6,9,19H,1-4,7-8H2,(H,18,20). The summed E-state index contributed by atoms with van der Waals surface area (Å²) < 4.78 is 0.917. The highest BCUT2D eigenvalue weighted by molar-refractivity contribution is 7.21. The summed E-state index contributed by atoms with van der Waals surface area (Å²) in [5, 5.41) is 13.6. The molecule has 0 aliphatic rings. The van der Waals surface area contributed by atoms with Crippen molar-refractivity contribution in [2.45, 2.75) is 25.7 Å². The van der Waals surface area contributed by atoms with Crippen LogP contribution < -0.4 is 5.32 Å². The lowest BCUT2D eigenvalue weighted by atomic mass is 10.2. The number of rotatable bonds is 7. The first-order valence-electron chi connectivity index (χ1n) is 6.90. The van der Waals surface area contributed by atoms with Crippen LogP contribution in [-0.2, 0) is 0 Å². The van der Waals surface area contributed by atoms with Crippen molar-refractivity contribution in [2.75, 3.05) is 13.2 Å². The molecule has 0 aliphatic carbocycles. The van der Waals surface area contributed by atoms with Crippen LogP contribution in [0.4, 0.5) is 0 Å². The quantitative estimate of drug-likeness (QED) is 0.726. The Kier molecular flexibility index (Phi) is 6.30. The van der Waals surface area contributed by atoms with Gasteiger partial charge in [-0.15, -0.1) is 11.3 Å². The van der Waals surface area contributed by atoms with Crippen molar-refractivity contribution in [3.8, 4) is 0 Å². The molecule has 0 atom stereocenters. The molecule has 6 heteroatoms. The predicted molar refractivity (Wildman–Crippen MR) is 89.7 cm³/mol. The maximum Gasteiger partial charge on any atom is 0.262 e. The lowest BCUT2D eigenvalue weighted by Gasteiger charge is -2.03. The molecule has 3 nitrogen and oxygen atoms in total. The van der Waals surface area contributed by atoms with Crippen LogP contribution >= 0.6 is 34.5 Å². The van der Waals surface area contributed by atoms with Gasteiger partial charge in [0.1, 0.15) is 4.88 Å². The van der Waals surface area contributed by atoms with Crippen LogP contribution in [-0.4, -0.2) is 24.2 Å². The zero-order chi connectivity index (χ0) is 15.2. The highest BCUT2D eigenvalue weighted by Gasteiger charge is 2.16. The number of aliphatic hydroxyl groups is 1. The number of halogens is 2. The van der Waals surface area contributed by atoms with Gasteiger partial charge in [-0.3, -0.25) is 4.79 Å². The van der Waals surface area contributed by atoms with Crippen molar-refractivity contribution in [1.29, 1.82) is 0 Å². The van der Waals surface area contributed by atoms with Gasteiger partial charge in [-0.05, 0) is 25.0 Å². The van der Waals surface area contributed by atoms with Gasteiger partial charge in [0.05, 0.1) is 5.02 Å². The fourth-order valence-electron chi connectivity index (χ4n) is 2.06. The molecule has 114 valence electrons. The second-order valence-corrected chi connectivity index (χ2v) is 6.65. The van der Waals surface area contributed by atoms with Crippen LogP contribution in [0.3, 0.4) is 0 Å². The van der Waals surface area contributed by atoms with E-state index in [1.54, 1.807) is 6.07 Å². The molecule has 0 radical (unpaired) electrons. The van der Waals surface area contributed by atoms with Gasteiger partial charge in [-0.1, -0.05) is 42.1 Å². The van der Waals surface area contributed by atoms with Gasteiger partial charge in [0.2, 0.25) is 0 Å². The highest BCUT2D eigenvalue weighted by Crippen LogP contribution is 2.36. The molecule has 1 aromatic carbocycles. The number of hydrogen-bond acceptors (Lipinski definition) is 3. The maximum absolute atomic E-state index is 12.2. The summed E-state index contributed by atoms with van der Waals surface area (Å²) in [6.45, 7) is 0.849. The monoisotopic (exact) mass is 345 g/mol. The number of carbonyl (C=O) groups excluding carboxylic acids is 1. The van der Waals surface area contributed by atoms with E-state index in [0.717, 1.165) is 35.8 Å². The molecule has 0 spiro atoms. The predicted octanol–water partition coefficient (Wildman–Crippen LogP) is 4.49. The van der Waals surface area contributed by atoms with Crippen LogP contribution in [0, 0.1) is 0 Å². The van der Waals surface area contributed by atoms with Crippen LogP contribution in [0.15, 0.2) is 18.2 Å². The van der Waals surface area contributed by atoms with Gasteiger partial charge in [0, 0.05) is 28.3 Å². The van der Waals surface area contributed by atoms with Crippen molar-refractivity contribution in [3.63, 3.8) is 0 Å². The molecule has 1 heterocycles. The Morgan fingerprint density at radius 1 is 1.19 bits per heavy atom. The molecule has 1 amide bonds. The van der Waals surface area contributed by atoms with Crippen LogP contribution in [0.1, 0.15) is 35.4 Å². The van der Waals surface area contributed by atoms with E-state index in [4.69, 9.17) is 28.3 Å². The van der Waals surface area contributed by atoms with Crippen molar-refractivity contribution >= 4 is 50.5 Å². The summed E-state index contributed by atoms with van der Waals surface area (Å²) in [7, 11) is 0. The summed E-state index contributed by atoms with van der Waals surface area (Å²) in [5.74, 6) is -0.139. The van der Waals surface area contributed by atoms with E-state index in [9.17, 15) is 4.79 Å². The smallest absolute Gasteiger partial charge is 0.262 e. The molecule has 2 rings (SSSR count). The lowest BCUT2D eigenvalue weighted by molar-refractivity contribution is 0.0957. The average Bonchev–Trinajstić information content (AvgIpc) is 2.79. The lowest BCUT2D eigenvalue weighted by Crippen LogP contribution is -2.23. The largest absolute Gasteiger partial charge is 0.396 e. The summed E-state index contributed by atoms with van der Waals surface area (Å²) >= 11 is 13.6. The van der Waals surface area contributed by atoms with E-state index < -0.39 is 0 Å². The fourth-order valence-corrected chi connectivity index (χ4v) is 3.77. The number of unbranched alkanes of at least 4 members (excludes halogenated alkanes) is 3. The molecule has 21 heavy (non-hydrogen) atoms. The first-order valence-corrected chi connectivity index (χ1v) is 8.47. The Hall–Kier alpha value is -0.810. The Labute approximate surface area is 137 Å². The minimum absolute atomic E-state index is 0.139. The fraction of sp³-hybridized carbons (Fsp3) is 0.400. The number of fused-ring (bicyclic) bond motifs is 1. The minimum Gasteiger partial charge on any atom is -0.396 e. The van der Waals surface area contributed by atoms with E-state index in [1.807, 2.05) is 12.1 Å². The van der Waals surface area contributed by atoms with Gasteiger partial charge in [0.25, 0.3) is 5.91 Å². The Morgan fingerprint density at radius 3 is 2.71 bits per heavy atom. The molecule has 0 saturated heterocycles. The van der Waals surface area contributed by atoms with Crippen molar-refractivity contribution in [2.24, 2.45) is 0 Å². The van der Waals surface area contributed by atoms with Crippen LogP contribution in [0.25, 0.3) is 10.1 Å². The summed E-state index contributed by atoms with van der Waals surface area (Å²) in [6.07, 6.45) is 3.70. The summed E-state index contributed by atoms with van der Waals surface area (Å²) in [4.78, 5) is 12.7. The number of thiophene rings is 1. The molecule has 2 aromatic rings. The second kappa shape index (κ2) is 7.99. The van der Waals surface area contributed by atoms with Gasteiger partial charge in [-0.25, -0.2) is 0 Å². The second-order valence-electron chi connectivity index (χ2n) is 4.78. The van der Waals surface area contributed by atoms with Crippen molar-refractivity contribution in [3.05, 3.63) is 33.1 Å². The number of benzene rings is 1. The number of amides is 1. The van der Waals surface area contributed by atoms with Gasteiger partial charge in [-0.2, -0.15) is 0 Å². The normalized spacial score (nSPS) is 11.0. The van der Waals surface area contributed by atoms with E-state index in [1.165, 1.54) is 11.3 Å². The third-order valence-electron chi connectivity index (χ3n) is 3.17. The van der Waals surface area contributed by atoms with Gasteiger partial charge >= 0.3 is 0 Å². The Morgan fingerprint density at radius 2 is 1.95 bits per heavy atom. The molecule has 0 unspecified atom stereocenters. The minimum atomic E-state index is -0.139. The molecule has 0 saturated carbocycles. The molecular formula is C15H17Cl2NO2S. The van der Waals surface area contributed by atoms with E-state index in [0.29, 0.717) is 21.5 Å². The first kappa shape index (κ1) is 16.6. The molecule has 0 bridgehead atoms. The van der Waals surface area contributed by atoms with Gasteiger partial charge < -0.3 is 10.4 Å². The van der Waals surface area contributed by atoms with Crippen molar-refractivity contribution < 1.29 is 9.90 Å². The molecule has 0 fully saturated rings. The molecule has 1 aromatic heterocycles. The average molecular weight is 346 g/mol. The summed E-state index contributed by atoms with van der Waals surface area (Å²) in [6, 6.07) is 5.42. The maximum atomic E-state index is 12.2. The van der Waals surface area contributed by atoms with E-state index in [-0.39, 0.29) is 12.5 Å². The Balaban J connectivity index is 1.95. The highest BCUT2D eigenvalue weighted by atomic mass is 35.5. The Bertz CT molecular complexity index is 627. The molecular weight excluding hydrogens is 329 g/mol. The number of aliphatic hydroxyl groups excluding tert-OH is 1. The number of carbonyl (C=O) groups is 1. The van der Waals surface area contributed by atoms with Crippen LogP contribution in [0.2, 0.25) is 10.0 Å². The van der Waals surface area contributed by atoms with Crippen LogP contribution in [0.5, 0.6) is 0 Å². The van der Waals surface area contributed by atoms with E-state index >= 15 is 0 Å². The SMILES string of the molecule is O=C(NCCCCCCO)c1sc2cc(Cl)ccc2c1Cl.